The first kappa shape index (κ1) is 47.6. The minimum absolute atomic E-state index is 0.121. The summed E-state index contributed by atoms with van der Waals surface area (Å²) in [6, 6.07) is 61.1. The van der Waals surface area contributed by atoms with Crippen LogP contribution < -0.4 is 16.8 Å². The van der Waals surface area contributed by atoms with Crippen LogP contribution in [0.15, 0.2) is 250 Å². The van der Waals surface area contributed by atoms with Gasteiger partial charge in [0.2, 0.25) is 0 Å². The van der Waals surface area contributed by atoms with Crippen LogP contribution in [0.2, 0.25) is 0 Å². The predicted molar refractivity (Wildman–Crippen MR) is 285 cm³/mol. The fourth-order valence-corrected chi connectivity index (χ4v) is 7.28. The standard InChI is InChI=1S/C44H36N2.C7H8N2.C7H11N.C2H4/c1-4-14-33(28-32(3)39-21-8-10-23-42(39)45-37-18-6-5-7-19-37)36-25-26-44-41(30-36)40-22-9-11-24-43(40)46(44)38-20-13-17-35(29-38)34-16-12-15-31(2)27-34;8-7(9)6-4-2-1-3-5-6;1-2-3-4-5-6-7-8;1-2/h4-30,45H,1H2,2-3H3;1-5H,(H3,8,9);2-7H,8H2,1H3;1-2H2/b32-28+,33-14+;;3-2+,5-4-,7-6-;. The van der Waals surface area contributed by atoms with Gasteiger partial charge < -0.3 is 21.4 Å². The van der Waals surface area contributed by atoms with Crippen LogP contribution in [0.3, 0.4) is 0 Å². The van der Waals surface area contributed by atoms with Crippen LogP contribution in [-0.2, 0) is 0 Å². The lowest BCUT2D eigenvalue weighted by atomic mass is 9.97. The molecule has 65 heavy (non-hydrogen) atoms. The maximum absolute atomic E-state index is 7.01. The van der Waals surface area contributed by atoms with E-state index < -0.39 is 0 Å². The van der Waals surface area contributed by atoms with Crippen molar-refractivity contribution in [2.75, 3.05) is 5.32 Å². The summed E-state index contributed by atoms with van der Waals surface area (Å²) in [6.45, 7) is 16.3. The molecule has 1 aromatic heterocycles. The first-order valence-electron chi connectivity index (χ1n) is 21.5. The Bertz CT molecular complexity index is 2950. The van der Waals surface area contributed by atoms with Crippen molar-refractivity contribution >= 4 is 50.2 Å². The van der Waals surface area contributed by atoms with Crippen LogP contribution in [0.4, 0.5) is 11.4 Å². The van der Waals surface area contributed by atoms with E-state index in [0.717, 1.165) is 39.3 Å². The summed E-state index contributed by atoms with van der Waals surface area (Å²) < 4.78 is 2.39. The lowest BCUT2D eigenvalue weighted by Crippen LogP contribution is -2.10. The fourth-order valence-electron chi connectivity index (χ4n) is 7.28. The number of nitrogens with one attached hydrogen (secondary N) is 2. The first-order valence-corrected chi connectivity index (χ1v) is 21.5. The van der Waals surface area contributed by atoms with Gasteiger partial charge in [-0.15, -0.1) is 13.2 Å². The zero-order valence-electron chi connectivity index (χ0n) is 37.7. The number of hydrogen-bond acceptors (Lipinski definition) is 3. The van der Waals surface area contributed by atoms with Gasteiger partial charge in [0.25, 0.3) is 0 Å². The van der Waals surface area contributed by atoms with Crippen molar-refractivity contribution < 1.29 is 0 Å². The Hall–Kier alpha value is -8.41. The number of hydrogen-bond donors (Lipinski definition) is 4. The number of nitrogens with zero attached hydrogens (tertiary/aromatic N) is 1. The summed E-state index contributed by atoms with van der Waals surface area (Å²) >= 11 is 0. The van der Waals surface area contributed by atoms with Crippen molar-refractivity contribution in [3.8, 4) is 16.8 Å². The zero-order valence-corrected chi connectivity index (χ0v) is 37.7. The monoisotopic (exact) mass is 849 g/mol. The van der Waals surface area contributed by atoms with Gasteiger partial charge in [-0.3, -0.25) is 5.41 Å². The van der Waals surface area contributed by atoms with Gasteiger partial charge in [0, 0.05) is 39.0 Å². The molecule has 5 heteroatoms. The number of nitrogen functional groups attached to an aromatic ring is 1. The van der Waals surface area contributed by atoms with Crippen molar-refractivity contribution in [1.29, 1.82) is 5.41 Å². The van der Waals surface area contributed by atoms with Crippen molar-refractivity contribution in [2.45, 2.75) is 20.8 Å². The first-order chi connectivity index (χ1) is 31.8. The molecule has 0 saturated carbocycles. The van der Waals surface area contributed by atoms with Gasteiger partial charge in [0.05, 0.1) is 11.0 Å². The third kappa shape index (κ3) is 13.1. The molecule has 0 amide bonds. The number of allylic oxidation sites excluding steroid dienone is 10. The SMILES string of the molecule is C/C=C/C=C\C=C/N.C=C.C=C/C=C(\C=C(/C)c1ccccc1Nc1ccccc1)c1ccc2c(c1)c1ccccc1n2-c1cccc(-c2cccc(C)c2)c1.N=C(N)c1ccccc1. The summed E-state index contributed by atoms with van der Waals surface area (Å²) in [7, 11) is 0. The summed E-state index contributed by atoms with van der Waals surface area (Å²) in [6.07, 6.45) is 17.2. The van der Waals surface area contributed by atoms with E-state index in [0.29, 0.717) is 0 Å². The lowest BCUT2D eigenvalue weighted by molar-refractivity contribution is 1.18. The van der Waals surface area contributed by atoms with Gasteiger partial charge in [0.1, 0.15) is 5.84 Å². The molecule has 0 spiro atoms. The molecule has 0 unspecified atom stereocenters. The number of aromatic nitrogens is 1. The Kier molecular flexibility index (Phi) is 18.2. The number of aryl methyl sites for hydroxylation is 1. The van der Waals surface area contributed by atoms with E-state index in [1.165, 1.54) is 50.3 Å². The molecule has 0 aliphatic rings. The number of rotatable bonds is 11. The lowest BCUT2D eigenvalue weighted by Gasteiger charge is -2.14. The second-order valence-electron chi connectivity index (χ2n) is 14.8. The van der Waals surface area contributed by atoms with E-state index in [1.54, 1.807) is 6.08 Å². The van der Waals surface area contributed by atoms with Gasteiger partial charge in [-0.05, 0) is 109 Å². The molecule has 7 aromatic carbocycles. The number of para-hydroxylation sites is 3. The normalized spacial score (nSPS) is 11.4. The Morgan fingerprint density at radius 1 is 0.631 bits per heavy atom. The average molecular weight is 850 g/mol. The van der Waals surface area contributed by atoms with E-state index in [-0.39, 0.29) is 5.84 Å². The zero-order chi connectivity index (χ0) is 46.4. The Balaban J connectivity index is 0.000000349. The van der Waals surface area contributed by atoms with Gasteiger partial charge in [-0.25, -0.2) is 0 Å². The van der Waals surface area contributed by atoms with Gasteiger partial charge in [-0.1, -0.05) is 182 Å². The molecule has 0 aliphatic heterocycles. The highest BCUT2D eigenvalue weighted by Crippen LogP contribution is 2.36. The second kappa shape index (κ2) is 24.9. The minimum Gasteiger partial charge on any atom is -0.405 e. The van der Waals surface area contributed by atoms with Crippen molar-refractivity contribution in [3.63, 3.8) is 0 Å². The van der Waals surface area contributed by atoms with Gasteiger partial charge in [-0.2, -0.15) is 0 Å². The quantitative estimate of drug-likeness (QED) is 0.0452. The molecule has 5 nitrogen and oxygen atoms in total. The maximum atomic E-state index is 7.01. The van der Waals surface area contributed by atoms with Crippen LogP contribution in [0.25, 0.3) is 49.8 Å². The second-order valence-corrected chi connectivity index (χ2v) is 14.8. The molecule has 6 N–H and O–H groups in total. The third-order valence-electron chi connectivity index (χ3n) is 10.3. The van der Waals surface area contributed by atoms with E-state index in [9.17, 15) is 0 Å². The fraction of sp³-hybridized carbons (Fsp3) is 0.0500. The van der Waals surface area contributed by atoms with Gasteiger partial charge in [0.15, 0.2) is 0 Å². The van der Waals surface area contributed by atoms with E-state index in [2.05, 4.69) is 183 Å². The average Bonchev–Trinajstić information content (AvgIpc) is 3.68. The molecule has 0 atom stereocenters. The van der Waals surface area contributed by atoms with E-state index in [1.807, 2.05) is 85.8 Å². The number of fused-ring (bicyclic) bond motifs is 3. The highest BCUT2D eigenvalue weighted by atomic mass is 15.0. The topological polar surface area (TPSA) is 92.8 Å². The summed E-state index contributed by atoms with van der Waals surface area (Å²) in [5.41, 5.74) is 25.0. The van der Waals surface area contributed by atoms with E-state index >= 15 is 0 Å². The van der Waals surface area contributed by atoms with Crippen LogP contribution in [0.5, 0.6) is 0 Å². The maximum Gasteiger partial charge on any atom is 0.122 e. The van der Waals surface area contributed by atoms with Crippen molar-refractivity contribution in [2.24, 2.45) is 11.5 Å². The van der Waals surface area contributed by atoms with Crippen LogP contribution >= 0.6 is 0 Å². The van der Waals surface area contributed by atoms with Crippen molar-refractivity contribution in [3.05, 3.63) is 273 Å². The van der Waals surface area contributed by atoms with Crippen LogP contribution in [-0.4, -0.2) is 10.4 Å². The molecule has 0 radical (unpaired) electrons. The minimum atomic E-state index is 0.121. The molecule has 0 saturated heterocycles. The summed E-state index contributed by atoms with van der Waals surface area (Å²) in [5, 5.41) is 13.1. The molecule has 1 heterocycles. The highest BCUT2D eigenvalue weighted by molar-refractivity contribution is 6.10. The molecular weight excluding hydrogens is 791 g/mol. The smallest absolute Gasteiger partial charge is 0.122 e. The number of amidine groups is 1. The highest BCUT2D eigenvalue weighted by Gasteiger charge is 2.15. The molecule has 8 aromatic rings. The molecule has 324 valence electrons. The van der Waals surface area contributed by atoms with Gasteiger partial charge >= 0.3 is 0 Å². The van der Waals surface area contributed by atoms with Crippen LogP contribution in [0, 0.1) is 12.3 Å². The van der Waals surface area contributed by atoms with E-state index in [4.69, 9.17) is 16.9 Å². The molecule has 8 rings (SSSR count). The summed E-state index contributed by atoms with van der Waals surface area (Å²) in [5.74, 6) is 0.121. The molecule has 0 bridgehead atoms. The molecule has 0 fully saturated rings. The largest absolute Gasteiger partial charge is 0.405 e. The molecular formula is C60H59N5. The van der Waals surface area contributed by atoms with Crippen molar-refractivity contribution in [1.82, 2.24) is 4.57 Å². The molecule has 0 aliphatic carbocycles. The summed E-state index contributed by atoms with van der Waals surface area (Å²) in [4.78, 5) is 0. The number of benzene rings is 7. The number of nitrogens with two attached hydrogens (primary N) is 2. The third-order valence-corrected chi connectivity index (χ3v) is 10.3. The Morgan fingerprint density at radius 3 is 1.94 bits per heavy atom. The van der Waals surface area contributed by atoms with Crippen LogP contribution in [0.1, 0.15) is 36.1 Å². The Morgan fingerprint density at radius 2 is 1.26 bits per heavy atom. The number of anilines is 2. The Labute approximate surface area is 385 Å². The predicted octanol–water partition coefficient (Wildman–Crippen LogP) is 15.5.